The molecule has 0 radical (unpaired) electrons. The van der Waals surface area contributed by atoms with Gasteiger partial charge in [0.25, 0.3) is 11.5 Å². The molecule has 0 spiro atoms. The highest BCUT2D eigenvalue weighted by Crippen LogP contribution is 2.22. The van der Waals surface area contributed by atoms with Crippen LogP contribution >= 0.6 is 11.3 Å². The van der Waals surface area contributed by atoms with E-state index in [0.29, 0.717) is 33.3 Å². The Hall–Kier alpha value is -3.91. The summed E-state index contributed by atoms with van der Waals surface area (Å²) in [6, 6.07) is 20.2. The SMILES string of the molecule is COc1ccc(-n2[nH]c(-c3ccccc3)c(/C(C)=N/NC(=O)c3cccs3)c2=O)cc1. The van der Waals surface area contributed by atoms with E-state index in [2.05, 4.69) is 15.6 Å². The lowest BCUT2D eigenvalue weighted by atomic mass is 10.1. The fourth-order valence-electron chi connectivity index (χ4n) is 3.15. The third-order valence-electron chi connectivity index (χ3n) is 4.72. The molecule has 1 amide bonds. The lowest BCUT2D eigenvalue weighted by Gasteiger charge is -2.04. The van der Waals surface area contributed by atoms with Crippen LogP contribution in [0, 0.1) is 0 Å². The molecule has 4 aromatic rings. The molecule has 2 N–H and O–H groups in total. The van der Waals surface area contributed by atoms with Crippen LogP contribution in [0.5, 0.6) is 5.75 Å². The van der Waals surface area contributed by atoms with Crippen LogP contribution in [-0.2, 0) is 0 Å². The van der Waals surface area contributed by atoms with Gasteiger partial charge in [-0.05, 0) is 42.6 Å². The van der Waals surface area contributed by atoms with Crippen molar-refractivity contribution in [3.05, 3.63) is 92.9 Å². The molecule has 2 aromatic heterocycles. The number of carbonyl (C=O) groups excluding carboxylic acids is 1. The van der Waals surface area contributed by atoms with E-state index in [1.807, 2.05) is 35.7 Å². The number of amides is 1. The Morgan fingerprint density at radius 3 is 2.45 bits per heavy atom. The number of nitrogens with one attached hydrogen (secondary N) is 2. The van der Waals surface area contributed by atoms with Crippen molar-refractivity contribution in [2.45, 2.75) is 6.92 Å². The molecular weight excluding hydrogens is 412 g/mol. The number of aromatic amines is 1. The minimum absolute atomic E-state index is 0.268. The fourth-order valence-corrected chi connectivity index (χ4v) is 3.77. The second kappa shape index (κ2) is 8.85. The monoisotopic (exact) mass is 432 g/mol. The average Bonchev–Trinajstić information content (AvgIpc) is 3.46. The molecule has 0 aliphatic heterocycles. The van der Waals surface area contributed by atoms with E-state index in [1.165, 1.54) is 16.0 Å². The van der Waals surface area contributed by atoms with E-state index in [-0.39, 0.29) is 11.5 Å². The van der Waals surface area contributed by atoms with Gasteiger partial charge in [0.1, 0.15) is 5.75 Å². The highest BCUT2D eigenvalue weighted by Gasteiger charge is 2.19. The van der Waals surface area contributed by atoms with Gasteiger partial charge >= 0.3 is 0 Å². The van der Waals surface area contributed by atoms with Crippen LogP contribution in [0.25, 0.3) is 16.9 Å². The van der Waals surface area contributed by atoms with Crippen molar-refractivity contribution in [1.82, 2.24) is 15.2 Å². The number of ether oxygens (including phenoxy) is 1. The van der Waals surface area contributed by atoms with Crippen molar-refractivity contribution >= 4 is 23.0 Å². The lowest BCUT2D eigenvalue weighted by molar-refractivity contribution is 0.0959. The third-order valence-corrected chi connectivity index (χ3v) is 5.58. The van der Waals surface area contributed by atoms with Crippen LogP contribution in [0.2, 0.25) is 0 Å². The maximum absolute atomic E-state index is 13.3. The largest absolute Gasteiger partial charge is 0.497 e. The first-order valence-electron chi connectivity index (χ1n) is 9.52. The molecule has 0 saturated heterocycles. The van der Waals surface area contributed by atoms with Gasteiger partial charge in [0, 0.05) is 5.56 Å². The normalized spacial score (nSPS) is 11.4. The maximum atomic E-state index is 13.3. The Morgan fingerprint density at radius 2 is 1.81 bits per heavy atom. The lowest BCUT2D eigenvalue weighted by Crippen LogP contribution is -2.23. The zero-order valence-corrected chi connectivity index (χ0v) is 17.8. The molecule has 2 aromatic carbocycles. The zero-order chi connectivity index (χ0) is 21.8. The zero-order valence-electron chi connectivity index (χ0n) is 17.0. The van der Waals surface area contributed by atoms with Crippen LogP contribution in [0.4, 0.5) is 0 Å². The number of aromatic nitrogens is 2. The van der Waals surface area contributed by atoms with Gasteiger partial charge in [-0.2, -0.15) is 5.10 Å². The molecule has 0 bridgehead atoms. The molecule has 0 unspecified atom stereocenters. The summed E-state index contributed by atoms with van der Waals surface area (Å²) >= 11 is 1.32. The second-order valence-corrected chi connectivity index (χ2v) is 7.63. The van der Waals surface area contributed by atoms with E-state index < -0.39 is 0 Å². The number of hydrogen-bond donors (Lipinski definition) is 2. The van der Waals surface area contributed by atoms with Gasteiger partial charge in [-0.15, -0.1) is 11.3 Å². The molecule has 0 atom stereocenters. The topological polar surface area (TPSA) is 88.5 Å². The van der Waals surface area contributed by atoms with Crippen LogP contribution in [0.15, 0.2) is 82.0 Å². The average molecular weight is 433 g/mol. The summed E-state index contributed by atoms with van der Waals surface area (Å²) in [5, 5.41) is 9.21. The molecule has 4 rings (SSSR count). The second-order valence-electron chi connectivity index (χ2n) is 6.68. The number of benzene rings is 2. The number of H-pyrrole nitrogens is 1. The minimum Gasteiger partial charge on any atom is -0.497 e. The van der Waals surface area contributed by atoms with Gasteiger partial charge in [0.2, 0.25) is 0 Å². The third kappa shape index (κ3) is 4.19. The Kier molecular flexibility index (Phi) is 5.81. The number of thiophene rings is 1. The van der Waals surface area contributed by atoms with Gasteiger partial charge in [0.05, 0.1) is 34.6 Å². The summed E-state index contributed by atoms with van der Waals surface area (Å²) < 4.78 is 6.66. The summed E-state index contributed by atoms with van der Waals surface area (Å²) in [6.07, 6.45) is 0. The summed E-state index contributed by atoms with van der Waals surface area (Å²) in [5.41, 5.74) is 5.16. The summed E-state index contributed by atoms with van der Waals surface area (Å²) in [7, 11) is 1.59. The standard InChI is InChI=1S/C23H20N4O3S/c1-15(24-25-22(28)19-9-6-14-31-19)20-21(16-7-4-3-5-8-16)26-27(23(20)29)17-10-12-18(30-2)13-11-17/h3-14,26H,1-2H3,(H,25,28)/b24-15+. The molecule has 156 valence electrons. The van der Waals surface area contributed by atoms with Crippen molar-refractivity contribution in [3.63, 3.8) is 0 Å². The predicted molar refractivity (Wildman–Crippen MR) is 122 cm³/mol. The molecule has 2 heterocycles. The first kappa shape index (κ1) is 20.4. The van der Waals surface area contributed by atoms with E-state index >= 15 is 0 Å². The van der Waals surface area contributed by atoms with Crippen LogP contribution < -0.4 is 15.7 Å². The summed E-state index contributed by atoms with van der Waals surface area (Å²) in [5.74, 6) is 0.377. The van der Waals surface area contributed by atoms with Crippen molar-refractivity contribution in [1.29, 1.82) is 0 Å². The molecule has 0 aliphatic carbocycles. The van der Waals surface area contributed by atoms with Gasteiger partial charge in [-0.3, -0.25) is 14.7 Å². The first-order valence-corrected chi connectivity index (χ1v) is 10.4. The van der Waals surface area contributed by atoms with Gasteiger partial charge < -0.3 is 4.74 Å². The molecular formula is C23H20N4O3S. The molecule has 8 heteroatoms. The van der Waals surface area contributed by atoms with Gasteiger partial charge in [0.15, 0.2) is 0 Å². The molecule has 0 fully saturated rings. The molecule has 0 saturated carbocycles. The van der Waals surface area contributed by atoms with E-state index in [4.69, 9.17) is 4.74 Å². The Bertz CT molecular complexity index is 1270. The highest BCUT2D eigenvalue weighted by atomic mass is 32.1. The highest BCUT2D eigenvalue weighted by molar-refractivity contribution is 7.12. The minimum atomic E-state index is -0.318. The van der Waals surface area contributed by atoms with Crippen LogP contribution in [0.3, 0.4) is 0 Å². The fraction of sp³-hybridized carbons (Fsp3) is 0.0870. The molecule has 0 aliphatic rings. The van der Waals surface area contributed by atoms with Crippen molar-refractivity contribution in [3.8, 4) is 22.7 Å². The quantitative estimate of drug-likeness (QED) is 0.356. The van der Waals surface area contributed by atoms with E-state index in [0.717, 1.165) is 5.56 Å². The maximum Gasteiger partial charge on any atom is 0.281 e. The summed E-state index contributed by atoms with van der Waals surface area (Å²) in [4.78, 5) is 26.1. The first-order chi connectivity index (χ1) is 15.1. The smallest absolute Gasteiger partial charge is 0.281 e. The number of hydrogen-bond acceptors (Lipinski definition) is 5. The van der Waals surface area contributed by atoms with Crippen molar-refractivity contribution in [2.24, 2.45) is 5.10 Å². The number of nitrogens with zero attached hydrogens (tertiary/aromatic N) is 2. The number of rotatable bonds is 6. The van der Waals surface area contributed by atoms with E-state index in [1.54, 1.807) is 50.4 Å². The molecule has 31 heavy (non-hydrogen) atoms. The Morgan fingerprint density at radius 1 is 1.06 bits per heavy atom. The Balaban J connectivity index is 1.77. The molecule has 7 nitrogen and oxygen atoms in total. The number of hydrazone groups is 1. The van der Waals surface area contributed by atoms with Crippen LogP contribution in [0.1, 0.15) is 22.2 Å². The van der Waals surface area contributed by atoms with E-state index in [9.17, 15) is 9.59 Å². The van der Waals surface area contributed by atoms with Gasteiger partial charge in [-0.25, -0.2) is 10.1 Å². The Labute approximate surface area is 182 Å². The van der Waals surface area contributed by atoms with Crippen molar-refractivity contribution in [2.75, 3.05) is 7.11 Å². The van der Waals surface area contributed by atoms with Crippen LogP contribution in [-0.4, -0.2) is 28.5 Å². The predicted octanol–water partition coefficient (Wildman–Crippen LogP) is 4.06. The number of methoxy groups -OCH3 is 1. The van der Waals surface area contributed by atoms with Gasteiger partial charge in [-0.1, -0.05) is 36.4 Å². The number of carbonyl (C=O) groups is 1. The summed E-state index contributed by atoms with van der Waals surface area (Å²) in [6.45, 7) is 1.70. The van der Waals surface area contributed by atoms with Crippen molar-refractivity contribution < 1.29 is 9.53 Å².